The SMILES string of the molecule is CCn1ncnc1-c1cn2c(n1)-c1ccc(O[C@@H](C)C(N)=O)cc1OCC2. The van der Waals surface area contributed by atoms with Gasteiger partial charge in [0.1, 0.15) is 36.0 Å². The van der Waals surface area contributed by atoms with Gasteiger partial charge in [-0.05, 0) is 26.0 Å². The van der Waals surface area contributed by atoms with E-state index in [2.05, 4.69) is 10.1 Å². The van der Waals surface area contributed by atoms with E-state index in [-0.39, 0.29) is 0 Å². The Bertz CT molecular complexity index is 993. The van der Waals surface area contributed by atoms with E-state index < -0.39 is 12.0 Å². The highest BCUT2D eigenvalue weighted by molar-refractivity contribution is 5.78. The van der Waals surface area contributed by atoms with Crippen molar-refractivity contribution in [3.05, 3.63) is 30.7 Å². The van der Waals surface area contributed by atoms with Crippen LogP contribution in [0.5, 0.6) is 11.5 Å². The van der Waals surface area contributed by atoms with Gasteiger partial charge in [0, 0.05) is 18.8 Å². The fraction of sp³-hybridized carbons (Fsp3) is 0.333. The smallest absolute Gasteiger partial charge is 0.258 e. The number of imidazole rings is 1. The largest absolute Gasteiger partial charge is 0.491 e. The lowest BCUT2D eigenvalue weighted by atomic mass is 10.1. The van der Waals surface area contributed by atoms with E-state index in [0.29, 0.717) is 24.7 Å². The molecule has 1 aliphatic rings. The van der Waals surface area contributed by atoms with Crippen molar-refractivity contribution in [3.8, 4) is 34.4 Å². The molecule has 0 radical (unpaired) electrons. The summed E-state index contributed by atoms with van der Waals surface area (Å²) < 4.78 is 15.3. The third-order valence-corrected chi connectivity index (χ3v) is 4.42. The van der Waals surface area contributed by atoms with Crippen molar-refractivity contribution < 1.29 is 14.3 Å². The number of nitrogens with two attached hydrogens (primary N) is 1. The van der Waals surface area contributed by atoms with Crippen LogP contribution in [0, 0.1) is 0 Å². The first kappa shape index (κ1) is 17.1. The molecule has 27 heavy (non-hydrogen) atoms. The summed E-state index contributed by atoms with van der Waals surface area (Å²) in [6.45, 7) is 5.49. The predicted molar refractivity (Wildman–Crippen MR) is 97.1 cm³/mol. The quantitative estimate of drug-likeness (QED) is 0.730. The van der Waals surface area contributed by atoms with Crippen LogP contribution in [0.2, 0.25) is 0 Å². The van der Waals surface area contributed by atoms with Gasteiger partial charge in [0.05, 0.1) is 12.1 Å². The monoisotopic (exact) mass is 368 g/mol. The van der Waals surface area contributed by atoms with Gasteiger partial charge in [0.25, 0.3) is 5.91 Å². The molecule has 0 unspecified atom stereocenters. The van der Waals surface area contributed by atoms with Crippen LogP contribution in [-0.2, 0) is 17.9 Å². The van der Waals surface area contributed by atoms with Crippen molar-refractivity contribution in [1.82, 2.24) is 24.3 Å². The maximum absolute atomic E-state index is 11.2. The molecule has 3 aromatic rings. The highest BCUT2D eigenvalue weighted by atomic mass is 16.5. The Kier molecular flexibility index (Phi) is 4.27. The number of rotatable bonds is 5. The number of carbonyl (C=O) groups is 1. The molecule has 1 aromatic carbocycles. The molecule has 9 nitrogen and oxygen atoms in total. The van der Waals surface area contributed by atoms with Crippen molar-refractivity contribution in [2.75, 3.05) is 6.61 Å². The Balaban J connectivity index is 1.72. The number of ether oxygens (including phenoxy) is 2. The zero-order valence-electron chi connectivity index (χ0n) is 15.1. The summed E-state index contributed by atoms with van der Waals surface area (Å²) in [6, 6.07) is 5.41. The summed E-state index contributed by atoms with van der Waals surface area (Å²) >= 11 is 0. The van der Waals surface area contributed by atoms with Crippen LogP contribution in [0.3, 0.4) is 0 Å². The minimum absolute atomic E-state index is 0.491. The number of aromatic nitrogens is 5. The van der Waals surface area contributed by atoms with Crippen molar-refractivity contribution in [2.24, 2.45) is 5.73 Å². The first-order valence-electron chi connectivity index (χ1n) is 8.75. The Morgan fingerprint density at radius 2 is 2.26 bits per heavy atom. The van der Waals surface area contributed by atoms with Gasteiger partial charge in [-0.3, -0.25) is 4.79 Å². The van der Waals surface area contributed by atoms with Gasteiger partial charge in [-0.25, -0.2) is 14.6 Å². The van der Waals surface area contributed by atoms with Crippen LogP contribution in [0.1, 0.15) is 13.8 Å². The van der Waals surface area contributed by atoms with E-state index in [1.807, 2.05) is 28.4 Å². The molecular weight excluding hydrogens is 348 g/mol. The maximum atomic E-state index is 11.2. The van der Waals surface area contributed by atoms with E-state index in [1.165, 1.54) is 6.33 Å². The molecule has 0 aliphatic carbocycles. The second kappa shape index (κ2) is 6.75. The summed E-state index contributed by atoms with van der Waals surface area (Å²) in [7, 11) is 0. The highest BCUT2D eigenvalue weighted by Crippen LogP contribution is 2.36. The number of amides is 1. The van der Waals surface area contributed by atoms with Crippen molar-refractivity contribution in [1.29, 1.82) is 0 Å². The third-order valence-electron chi connectivity index (χ3n) is 4.42. The zero-order chi connectivity index (χ0) is 19.0. The lowest BCUT2D eigenvalue weighted by Gasteiger charge is -2.13. The van der Waals surface area contributed by atoms with Crippen LogP contribution in [0.15, 0.2) is 30.7 Å². The fourth-order valence-corrected chi connectivity index (χ4v) is 3.00. The molecule has 0 saturated heterocycles. The normalized spacial score (nSPS) is 13.9. The Hall–Kier alpha value is -3.36. The lowest BCUT2D eigenvalue weighted by Crippen LogP contribution is -2.30. The summed E-state index contributed by atoms with van der Waals surface area (Å²) in [4.78, 5) is 20.3. The molecule has 1 atom stereocenters. The molecule has 0 spiro atoms. The second-order valence-corrected chi connectivity index (χ2v) is 6.21. The fourth-order valence-electron chi connectivity index (χ4n) is 3.00. The van der Waals surface area contributed by atoms with Gasteiger partial charge in [0.2, 0.25) is 0 Å². The van der Waals surface area contributed by atoms with E-state index in [9.17, 15) is 4.79 Å². The summed E-state index contributed by atoms with van der Waals surface area (Å²) in [5.74, 6) is 2.17. The van der Waals surface area contributed by atoms with Gasteiger partial charge < -0.3 is 19.8 Å². The van der Waals surface area contributed by atoms with Crippen LogP contribution < -0.4 is 15.2 Å². The highest BCUT2D eigenvalue weighted by Gasteiger charge is 2.22. The minimum Gasteiger partial charge on any atom is -0.491 e. The number of hydrogen-bond acceptors (Lipinski definition) is 6. The summed E-state index contributed by atoms with van der Waals surface area (Å²) in [6.07, 6.45) is 2.77. The van der Waals surface area contributed by atoms with Crippen LogP contribution in [0.4, 0.5) is 0 Å². The summed E-state index contributed by atoms with van der Waals surface area (Å²) in [5.41, 5.74) is 6.87. The van der Waals surface area contributed by atoms with Gasteiger partial charge in [-0.1, -0.05) is 0 Å². The molecule has 0 saturated carbocycles. The van der Waals surface area contributed by atoms with Gasteiger partial charge in [-0.15, -0.1) is 0 Å². The standard InChI is InChI=1S/C18H20N6O3/c1-3-24-18(20-10-21-24)14-9-23-6-7-26-15-8-12(27-11(2)16(19)25)4-5-13(15)17(23)22-14/h4-5,8-11H,3,6-7H2,1-2H3,(H2,19,25)/t11-/m0/s1. The van der Waals surface area contributed by atoms with Crippen LogP contribution in [-0.4, -0.2) is 42.9 Å². The number of benzene rings is 1. The molecule has 2 aromatic heterocycles. The van der Waals surface area contributed by atoms with E-state index in [0.717, 1.165) is 29.5 Å². The molecule has 1 aliphatic heterocycles. The van der Waals surface area contributed by atoms with Crippen molar-refractivity contribution in [2.45, 2.75) is 33.0 Å². The van der Waals surface area contributed by atoms with Crippen molar-refractivity contribution >= 4 is 5.91 Å². The van der Waals surface area contributed by atoms with E-state index in [1.54, 1.807) is 19.1 Å². The van der Waals surface area contributed by atoms with Gasteiger partial charge in [0.15, 0.2) is 11.9 Å². The van der Waals surface area contributed by atoms with Crippen molar-refractivity contribution in [3.63, 3.8) is 0 Å². The molecule has 0 bridgehead atoms. The molecular formula is C18H20N6O3. The zero-order valence-corrected chi connectivity index (χ0v) is 15.1. The lowest BCUT2D eigenvalue weighted by molar-refractivity contribution is -0.123. The topological polar surface area (TPSA) is 110 Å². The Labute approximate surface area is 155 Å². The molecule has 2 N–H and O–H groups in total. The maximum Gasteiger partial charge on any atom is 0.258 e. The summed E-state index contributed by atoms with van der Waals surface area (Å²) in [5, 5.41) is 4.21. The molecule has 0 fully saturated rings. The number of fused-ring (bicyclic) bond motifs is 3. The Morgan fingerprint density at radius 1 is 1.41 bits per heavy atom. The first-order chi connectivity index (χ1) is 13.1. The minimum atomic E-state index is -0.720. The number of aryl methyl sites for hydroxylation is 1. The second-order valence-electron chi connectivity index (χ2n) is 6.21. The number of hydrogen-bond donors (Lipinski definition) is 1. The molecule has 140 valence electrons. The number of primary amides is 1. The average molecular weight is 368 g/mol. The molecule has 9 heteroatoms. The number of nitrogens with zero attached hydrogens (tertiary/aromatic N) is 5. The number of carbonyl (C=O) groups excluding carboxylic acids is 1. The molecule has 4 rings (SSSR count). The predicted octanol–water partition coefficient (Wildman–Crippen LogP) is 1.47. The first-order valence-corrected chi connectivity index (χ1v) is 8.75. The Morgan fingerprint density at radius 3 is 3.04 bits per heavy atom. The third kappa shape index (κ3) is 3.12. The molecule has 3 heterocycles. The van der Waals surface area contributed by atoms with Crippen LogP contribution >= 0.6 is 0 Å². The van der Waals surface area contributed by atoms with Crippen LogP contribution in [0.25, 0.3) is 22.9 Å². The van der Waals surface area contributed by atoms with E-state index >= 15 is 0 Å². The van der Waals surface area contributed by atoms with Gasteiger partial charge in [-0.2, -0.15) is 5.10 Å². The average Bonchev–Trinajstić information content (AvgIpc) is 3.25. The van der Waals surface area contributed by atoms with Gasteiger partial charge >= 0.3 is 0 Å². The van der Waals surface area contributed by atoms with E-state index in [4.69, 9.17) is 20.2 Å². The molecule has 1 amide bonds.